The van der Waals surface area contributed by atoms with Gasteiger partial charge in [0.2, 0.25) is 5.91 Å². The van der Waals surface area contributed by atoms with Gasteiger partial charge in [-0.15, -0.1) is 0 Å². The van der Waals surface area contributed by atoms with Gasteiger partial charge < -0.3 is 10.2 Å². The lowest BCUT2D eigenvalue weighted by atomic mass is 10.1. The van der Waals surface area contributed by atoms with E-state index in [9.17, 15) is 4.79 Å². The second-order valence-electron chi connectivity index (χ2n) is 7.82. The summed E-state index contributed by atoms with van der Waals surface area (Å²) in [5.74, 6) is 0.154. The number of nitrogens with one attached hydrogen (secondary N) is 2. The van der Waals surface area contributed by atoms with Crippen molar-refractivity contribution in [1.29, 1.82) is 0 Å². The monoisotopic (exact) mass is 370 g/mol. The first-order valence-corrected chi connectivity index (χ1v) is 10.3. The molecule has 0 saturated heterocycles. The first-order valence-electron chi connectivity index (χ1n) is 10.3. The summed E-state index contributed by atoms with van der Waals surface area (Å²) < 4.78 is 2.09. The second kappa shape index (κ2) is 8.25. The average Bonchev–Trinajstić information content (AvgIpc) is 3.04. The van der Waals surface area contributed by atoms with Crippen molar-refractivity contribution in [3.8, 4) is 0 Å². The molecule has 0 atom stereocenters. The predicted molar refractivity (Wildman–Crippen MR) is 103 cm³/mol. The van der Waals surface area contributed by atoms with Crippen LogP contribution >= 0.6 is 0 Å². The van der Waals surface area contributed by atoms with Crippen LogP contribution in [0.5, 0.6) is 0 Å². The molecule has 0 bridgehead atoms. The molecule has 0 radical (unpaired) electrons. The van der Waals surface area contributed by atoms with E-state index in [-0.39, 0.29) is 5.91 Å². The van der Waals surface area contributed by atoms with Gasteiger partial charge >= 0.3 is 0 Å². The highest BCUT2D eigenvalue weighted by Gasteiger charge is 2.19. The Morgan fingerprint density at radius 2 is 2.15 bits per heavy atom. The third-order valence-corrected chi connectivity index (χ3v) is 5.74. The summed E-state index contributed by atoms with van der Waals surface area (Å²) >= 11 is 0. The summed E-state index contributed by atoms with van der Waals surface area (Å²) in [7, 11) is 1.88. The van der Waals surface area contributed by atoms with Gasteiger partial charge in [-0.25, -0.2) is 0 Å². The number of aromatic nitrogens is 4. The summed E-state index contributed by atoms with van der Waals surface area (Å²) in [5.41, 5.74) is 5.91. The molecule has 3 heterocycles. The van der Waals surface area contributed by atoms with E-state index in [0.29, 0.717) is 19.4 Å². The van der Waals surface area contributed by atoms with Crippen LogP contribution in [0.3, 0.4) is 0 Å². The Labute approximate surface area is 160 Å². The number of rotatable bonds is 5. The predicted octanol–water partition coefficient (Wildman–Crippen LogP) is 1.96. The maximum Gasteiger partial charge on any atom is 0.223 e. The van der Waals surface area contributed by atoms with E-state index < -0.39 is 0 Å². The smallest absolute Gasteiger partial charge is 0.223 e. The highest BCUT2D eigenvalue weighted by molar-refractivity contribution is 5.76. The third kappa shape index (κ3) is 4.24. The Morgan fingerprint density at radius 3 is 3.07 bits per heavy atom. The van der Waals surface area contributed by atoms with Gasteiger partial charge in [-0.2, -0.15) is 10.2 Å². The van der Waals surface area contributed by atoms with Crippen molar-refractivity contribution in [2.24, 2.45) is 0 Å². The van der Waals surface area contributed by atoms with Crippen LogP contribution in [-0.2, 0) is 43.7 Å². The van der Waals surface area contributed by atoms with Crippen LogP contribution in [0, 0.1) is 0 Å². The first-order chi connectivity index (χ1) is 13.2. The van der Waals surface area contributed by atoms with E-state index in [1.54, 1.807) is 0 Å². The molecule has 7 heteroatoms. The fourth-order valence-corrected chi connectivity index (χ4v) is 4.14. The molecule has 4 rings (SSSR count). The van der Waals surface area contributed by atoms with E-state index in [0.717, 1.165) is 50.3 Å². The number of hydrogen-bond donors (Lipinski definition) is 2. The van der Waals surface area contributed by atoms with Crippen molar-refractivity contribution in [2.45, 2.75) is 71.0 Å². The number of carbonyl (C=O) groups excluding carboxylic acids is 1. The molecule has 2 aliphatic rings. The maximum absolute atomic E-state index is 12.6. The molecule has 0 fully saturated rings. The number of nitrogens with zero attached hydrogens (tertiary/aromatic N) is 4. The van der Waals surface area contributed by atoms with Crippen LogP contribution in [-0.4, -0.2) is 44.4 Å². The van der Waals surface area contributed by atoms with E-state index in [4.69, 9.17) is 0 Å². The highest BCUT2D eigenvalue weighted by Crippen LogP contribution is 2.22. The van der Waals surface area contributed by atoms with Crippen LogP contribution in [0.25, 0.3) is 0 Å². The molecule has 0 saturated carbocycles. The molecule has 1 amide bonds. The standard InChI is InChI=1S/C20H30N6O/c1-25(14-19-17-6-3-2-4-7-18(17)22-23-19)20(27)9-8-15-12-16-13-21-10-5-11-26(16)24-15/h12,21H,2-11,13-14H2,1H3,(H,22,23). The number of H-pyrrole nitrogens is 1. The zero-order valence-corrected chi connectivity index (χ0v) is 16.3. The largest absolute Gasteiger partial charge is 0.340 e. The second-order valence-corrected chi connectivity index (χ2v) is 7.82. The van der Waals surface area contributed by atoms with Gasteiger partial charge in [-0.3, -0.25) is 14.6 Å². The lowest BCUT2D eigenvalue weighted by Gasteiger charge is -2.16. The summed E-state index contributed by atoms with van der Waals surface area (Å²) in [6, 6.07) is 2.14. The number of fused-ring (bicyclic) bond motifs is 2. The van der Waals surface area contributed by atoms with Crippen LogP contribution in [0.15, 0.2) is 6.07 Å². The molecular formula is C20H30N6O. The Hall–Kier alpha value is -2.15. The number of carbonyl (C=O) groups is 1. The molecular weight excluding hydrogens is 340 g/mol. The van der Waals surface area contributed by atoms with Gasteiger partial charge in [0.15, 0.2) is 0 Å². The lowest BCUT2D eigenvalue weighted by Crippen LogP contribution is -2.27. The van der Waals surface area contributed by atoms with Crippen LogP contribution in [0.2, 0.25) is 0 Å². The Balaban J connectivity index is 1.33. The first kappa shape index (κ1) is 18.2. The van der Waals surface area contributed by atoms with Gasteiger partial charge in [0.25, 0.3) is 0 Å². The van der Waals surface area contributed by atoms with Crippen LogP contribution in [0.4, 0.5) is 0 Å². The minimum atomic E-state index is 0.154. The van der Waals surface area contributed by atoms with Crippen molar-refractivity contribution < 1.29 is 4.79 Å². The van der Waals surface area contributed by atoms with Crippen molar-refractivity contribution in [2.75, 3.05) is 13.6 Å². The fraction of sp³-hybridized carbons (Fsp3) is 0.650. The zero-order chi connectivity index (χ0) is 18.6. The highest BCUT2D eigenvalue weighted by atomic mass is 16.2. The topological polar surface area (TPSA) is 78.8 Å². The Kier molecular flexibility index (Phi) is 5.57. The SMILES string of the molecule is CN(Cc1n[nH]c2c1CCCCC2)C(=O)CCc1cc2n(n1)CCCNC2. The van der Waals surface area contributed by atoms with E-state index >= 15 is 0 Å². The molecule has 27 heavy (non-hydrogen) atoms. The average molecular weight is 371 g/mol. The molecule has 7 nitrogen and oxygen atoms in total. The zero-order valence-electron chi connectivity index (χ0n) is 16.3. The van der Waals surface area contributed by atoms with Crippen molar-refractivity contribution >= 4 is 5.91 Å². The number of aromatic amines is 1. The number of amides is 1. The minimum absolute atomic E-state index is 0.154. The minimum Gasteiger partial charge on any atom is -0.340 e. The van der Waals surface area contributed by atoms with Gasteiger partial charge in [0.1, 0.15) is 0 Å². The van der Waals surface area contributed by atoms with E-state index in [1.165, 1.54) is 36.2 Å². The van der Waals surface area contributed by atoms with Crippen molar-refractivity contribution in [3.05, 3.63) is 34.4 Å². The fourth-order valence-electron chi connectivity index (χ4n) is 4.14. The molecule has 1 aliphatic heterocycles. The Bertz CT molecular complexity index is 769. The van der Waals surface area contributed by atoms with Gasteiger partial charge in [0, 0.05) is 38.7 Å². The van der Waals surface area contributed by atoms with Gasteiger partial charge in [0.05, 0.1) is 23.6 Å². The quantitative estimate of drug-likeness (QED) is 0.789. The van der Waals surface area contributed by atoms with E-state index in [1.807, 2.05) is 11.9 Å². The molecule has 2 aromatic rings. The molecule has 0 spiro atoms. The van der Waals surface area contributed by atoms with E-state index in [2.05, 4.69) is 31.4 Å². The van der Waals surface area contributed by atoms with Gasteiger partial charge in [-0.05, 0) is 50.3 Å². The molecule has 0 aromatic carbocycles. The summed E-state index contributed by atoms with van der Waals surface area (Å²) in [6.45, 7) is 3.46. The molecule has 2 N–H and O–H groups in total. The molecule has 0 unspecified atom stereocenters. The molecule has 146 valence electrons. The van der Waals surface area contributed by atoms with Crippen LogP contribution < -0.4 is 5.32 Å². The summed E-state index contributed by atoms with van der Waals surface area (Å²) in [6.07, 6.45) is 8.18. The lowest BCUT2D eigenvalue weighted by molar-refractivity contribution is -0.130. The molecule has 2 aromatic heterocycles. The normalized spacial score (nSPS) is 16.9. The number of aryl methyl sites for hydroxylation is 3. The van der Waals surface area contributed by atoms with Crippen molar-refractivity contribution in [3.63, 3.8) is 0 Å². The van der Waals surface area contributed by atoms with Crippen LogP contribution in [0.1, 0.15) is 60.4 Å². The summed E-state index contributed by atoms with van der Waals surface area (Å²) in [5, 5.41) is 15.8. The maximum atomic E-state index is 12.6. The van der Waals surface area contributed by atoms with Crippen molar-refractivity contribution in [1.82, 2.24) is 30.2 Å². The molecule has 1 aliphatic carbocycles. The third-order valence-electron chi connectivity index (χ3n) is 5.74. The summed E-state index contributed by atoms with van der Waals surface area (Å²) in [4.78, 5) is 14.4. The Morgan fingerprint density at radius 1 is 1.26 bits per heavy atom. The number of hydrogen-bond acceptors (Lipinski definition) is 4. The van der Waals surface area contributed by atoms with Gasteiger partial charge in [-0.1, -0.05) is 6.42 Å².